The molecular formula is C14H19N5OS. The number of aromatic nitrogens is 4. The molecule has 1 aliphatic rings. The molecule has 2 aromatic heterocycles. The van der Waals surface area contributed by atoms with Gasteiger partial charge in [0.1, 0.15) is 6.54 Å². The van der Waals surface area contributed by atoms with Gasteiger partial charge in [0.05, 0.1) is 0 Å². The first-order valence-electron chi connectivity index (χ1n) is 7.32. The third kappa shape index (κ3) is 3.47. The van der Waals surface area contributed by atoms with E-state index in [1.54, 1.807) is 11.3 Å². The highest BCUT2D eigenvalue weighted by atomic mass is 32.1. The summed E-state index contributed by atoms with van der Waals surface area (Å²) in [7, 11) is 0. The molecule has 0 bridgehead atoms. The fourth-order valence-corrected chi connectivity index (χ4v) is 3.36. The summed E-state index contributed by atoms with van der Waals surface area (Å²) in [6, 6.07) is 2.22. The van der Waals surface area contributed by atoms with Crippen molar-refractivity contribution in [2.45, 2.75) is 45.2 Å². The summed E-state index contributed by atoms with van der Waals surface area (Å²) in [5.74, 6) is 1.07. The van der Waals surface area contributed by atoms with Gasteiger partial charge in [0.25, 0.3) is 0 Å². The number of hydrogen-bond acceptors (Lipinski definition) is 5. The van der Waals surface area contributed by atoms with Gasteiger partial charge in [-0.1, -0.05) is 19.8 Å². The minimum absolute atomic E-state index is 0.0389. The fourth-order valence-electron chi connectivity index (χ4n) is 2.73. The van der Waals surface area contributed by atoms with Crippen LogP contribution in [-0.4, -0.2) is 32.2 Å². The SMILES string of the molecule is C[C@@H]1CCCC[C@H]1NC(=O)Cn1nnc(-c2ccsc2)n1. The number of hydrogen-bond donors (Lipinski definition) is 1. The molecule has 3 rings (SSSR count). The summed E-state index contributed by atoms with van der Waals surface area (Å²) in [4.78, 5) is 13.4. The van der Waals surface area contributed by atoms with Crippen LogP contribution in [0.3, 0.4) is 0 Å². The molecule has 0 radical (unpaired) electrons. The summed E-state index contributed by atoms with van der Waals surface area (Å²) in [6.07, 6.45) is 4.72. The Hall–Kier alpha value is -1.76. The number of tetrazole rings is 1. The molecule has 112 valence electrons. The van der Waals surface area contributed by atoms with Crippen LogP contribution in [0.1, 0.15) is 32.6 Å². The van der Waals surface area contributed by atoms with E-state index in [1.165, 1.54) is 24.1 Å². The van der Waals surface area contributed by atoms with Crippen molar-refractivity contribution in [1.29, 1.82) is 0 Å². The molecule has 0 saturated heterocycles. The molecule has 2 atom stereocenters. The Balaban J connectivity index is 1.57. The van der Waals surface area contributed by atoms with Crippen LogP contribution in [0.5, 0.6) is 0 Å². The number of thiophene rings is 1. The van der Waals surface area contributed by atoms with Crippen LogP contribution in [0.25, 0.3) is 11.4 Å². The molecule has 6 nitrogen and oxygen atoms in total. The third-order valence-electron chi connectivity index (χ3n) is 3.98. The van der Waals surface area contributed by atoms with Gasteiger partial charge in [0, 0.05) is 17.0 Å². The van der Waals surface area contributed by atoms with E-state index in [0.717, 1.165) is 12.0 Å². The minimum Gasteiger partial charge on any atom is -0.351 e. The van der Waals surface area contributed by atoms with Crippen molar-refractivity contribution in [1.82, 2.24) is 25.5 Å². The predicted molar refractivity (Wildman–Crippen MR) is 80.7 cm³/mol. The van der Waals surface area contributed by atoms with E-state index >= 15 is 0 Å². The van der Waals surface area contributed by atoms with Crippen LogP contribution >= 0.6 is 11.3 Å². The molecule has 0 aromatic carbocycles. The lowest BCUT2D eigenvalue weighted by molar-refractivity contribution is -0.123. The Labute approximate surface area is 127 Å². The molecule has 2 aromatic rings. The minimum atomic E-state index is -0.0389. The van der Waals surface area contributed by atoms with Crippen LogP contribution in [0.15, 0.2) is 16.8 Å². The molecule has 1 N–H and O–H groups in total. The maximum atomic E-state index is 12.1. The van der Waals surface area contributed by atoms with Gasteiger partial charge in [0.2, 0.25) is 11.7 Å². The first-order valence-corrected chi connectivity index (χ1v) is 8.26. The van der Waals surface area contributed by atoms with Crippen molar-refractivity contribution in [2.75, 3.05) is 0 Å². The quantitative estimate of drug-likeness (QED) is 0.939. The average Bonchev–Trinajstić information content (AvgIpc) is 3.12. The number of nitrogens with one attached hydrogen (secondary N) is 1. The molecule has 1 saturated carbocycles. The van der Waals surface area contributed by atoms with Crippen LogP contribution in [0.2, 0.25) is 0 Å². The lowest BCUT2D eigenvalue weighted by Crippen LogP contribution is -2.42. The Morgan fingerprint density at radius 2 is 2.33 bits per heavy atom. The van der Waals surface area contributed by atoms with E-state index in [9.17, 15) is 4.79 Å². The van der Waals surface area contributed by atoms with E-state index in [1.807, 2.05) is 16.8 Å². The van der Waals surface area contributed by atoms with Crippen molar-refractivity contribution < 1.29 is 4.79 Å². The zero-order chi connectivity index (χ0) is 14.7. The number of carbonyl (C=O) groups excluding carboxylic acids is 1. The smallest absolute Gasteiger partial charge is 0.243 e. The molecule has 1 amide bonds. The van der Waals surface area contributed by atoms with Crippen LogP contribution in [-0.2, 0) is 11.3 Å². The molecular weight excluding hydrogens is 286 g/mol. The topological polar surface area (TPSA) is 72.7 Å². The Morgan fingerprint density at radius 1 is 1.48 bits per heavy atom. The van der Waals surface area contributed by atoms with Gasteiger partial charge < -0.3 is 5.32 Å². The zero-order valence-corrected chi connectivity index (χ0v) is 12.8. The zero-order valence-electron chi connectivity index (χ0n) is 12.0. The number of carbonyl (C=O) groups is 1. The van der Waals surface area contributed by atoms with Crippen LogP contribution < -0.4 is 5.32 Å². The van der Waals surface area contributed by atoms with E-state index < -0.39 is 0 Å². The molecule has 0 unspecified atom stereocenters. The summed E-state index contributed by atoms with van der Waals surface area (Å²) in [5.41, 5.74) is 0.938. The Bertz CT molecular complexity index is 594. The van der Waals surface area contributed by atoms with Gasteiger partial charge in [-0.15, -0.1) is 10.2 Å². The monoisotopic (exact) mass is 305 g/mol. The standard InChI is InChI=1S/C14H19N5OS/c1-10-4-2-3-5-12(10)15-13(20)8-19-17-14(16-18-19)11-6-7-21-9-11/h6-7,9-10,12H,2-5,8H2,1H3,(H,15,20)/t10-,12-/m1/s1. The van der Waals surface area contributed by atoms with Gasteiger partial charge in [-0.3, -0.25) is 4.79 Å². The molecule has 0 spiro atoms. The fraction of sp³-hybridized carbons (Fsp3) is 0.571. The molecule has 7 heteroatoms. The highest BCUT2D eigenvalue weighted by molar-refractivity contribution is 7.08. The van der Waals surface area contributed by atoms with E-state index in [4.69, 9.17) is 0 Å². The van der Waals surface area contributed by atoms with E-state index in [0.29, 0.717) is 11.7 Å². The first-order chi connectivity index (χ1) is 10.2. The number of nitrogens with zero attached hydrogens (tertiary/aromatic N) is 4. The van der Waals surface area contributed by atoms with E-state index in [-0.39, 0.29) is 18.5 Å². The van der Waals surface area contributed by atoms with Gasteiger partial charge in [-0.2, -0.15) is 16.1 Å². The van der Waals surface area contributed by atoms with Crippen molar-refractivity contribution in [2.24, 2.45) is 5.92 Å². The largest absolute Gasteiger partial charge is 0.351 e. The van der Waals surface area contributed by atoms with Crippen molar-refractivity contribution in [3.05, 3.63) is 16.8 Å². The van der Waals surface area contributed by atoms with E-state index in [2.05, 4.69) is 27.7 Å². The Morgan fingerprint density at radius 3 is 3.10 bits per heavy atom. The summed E-state index contributed by atoms with van der Waals surface area (Å²) in [5, 5.41) is 19.2. The van der Waals surface area contributed by atoms with Crippen LogP contribution in [0, 0.1) is 5.92 Å². The second-order valence-electron chi connectivity index (χ2n) is 5.59. The molecule has 1 fully saturated rings. The number of amides is 1. The average molecular weight is 305 g/mol. The van der Waals surface area contributed by atoms with Gasteiger partial charge in [-0.25, -0.2) is 0 Å². The van der Waals surface area contributed by atoms with Gasteiger partial charge in [-0.05, 0) is 35.4 Å². The van der Waals surface area contributed by atoms with Gasteiger partial charge in [0.15, 0.2) is 0 Å². The molecule has 1 aliphatic carbocycles. The second kappa shape index (κ2) is 6.34. The Kier molecular flexibility index (Phi) is 4.28. The van der Waals surface area contributed by atoms with Crippen molar-refractivity contribution in [3.63, 3.8) is 0 Å². The normalized spacial score (nSPS) is 22.1. The first kappa shape index (κ1) is 14.2. The molecule has 2 heterocycles. The summed E-state index contributed by atoms with van der Waals surface area (Å²) in [6.45, 7) is 2.33. The predicted octanol–water partition coefficient (Wildman–Crippen LogP) is 2.10. The van der Waals surface area contributed by atoms with Gasteiger partial charge >= 0.3 is 0 Å². The maximum Gasteiger partial charge on any atom is 0.243 e. The highest BCUT2D eigenvalue weighted by Gasteiger charge is 2.23. The lowest BCUT2D eigenvalue weighted by Gasteiger charge is -2.29. The summed E-state index contributed by atoms with van der Waals surface area (Å²) < 4.78 is 0. The van der Waals surface area contributed by atoms with Crippen molar-refractivity contribution >= 4 is 17.2 Å². The molecule has 0 aliphatic heterocycles. The highest BCUT2D eigenvalue weighted by Crippen LogP contribution is 2.23. The maximum absolute atomic E-state index is 12.1. The van der Waals surface area contributed by atoms with Crippen LogP contribution in [0.4, 0.5) is 0 Å². The second-order valence-corrected chi connectivity index (χ2v) is 6.37. The molecule has 21 heavy (non-hydrogen) atoms. The number of rotatable bonds is 4. The summed E-state index contributed by atoms with van der Waals surface area (Å²) >= 11 is 1.58. The third-order valence-corrected chi connectivity index (χ3v) is 4.66. The lowest BCUT2D eigenvalue weighted by atomic mass is 9.86. The van der Waals surface area contributed by atoms with Crippen molar-refractivity contribution in [3.8, 4) is 11.4 Å².